The minimum Gasteiger partial charge on any atom is -0.497 e. The van der Waals surface area contributed by atoms with Crippen molar-refractivity contribution in [2.24, 2.45) is 0 Å². The average Bonchev–Trinajstić information content (AvgIpc) is 3.04. The summed E-state index contributed by atoms with van der Waals surface area (Å²) in [6, 6.07) is 15.1. The Morgan fingerprint density at radius 1 is 1.11 bits per heavy atom. The molecule has 2 aromatic carbocycles. The number of aromatic nitrogens is 1. The van der Waals surface area contributed by atoms with Crippen LogP contribution < -0.4 is 14.2 Å². The zero-order chi connectivity index (χ0) is 19.8. The molecule has 8 heteroatoms. The molecule has 4 rings (SSSR count). The average molecular weight is 432 g/mol. The lowest BCUT2D eigenvalue weighted by molar-refractivity contribution is -0.135. The highest BCUT2D eigenvalue weighted by atomic mass is 32.1. The smallest absolute Gasteiger partial charge is 0.326 e. The Bertz CT molecular complexity index is 1090. The van der Waals surface area contributed by atoms with E-state index in [9.17, 15) is 4.79 Å². The number of thiazole rings is 1. The van der Waals surface area contributed by atoms with Gasteiger partial charge in [0.15, 0.2) is 3.95 Å². The van der Waals surface area contributed by atoms with Crippen LogP contribution in [0.3, 0.4) is 0 Å². The summed E-state index contributed by atoms with van der Waals surface area (Å²) in [6.45, 7) is 0. The van der Waals surface area contributed by atoms with Crippen molar-refractivity contribution in [3.05, 3.63) is 62.9 Å². The highest BCUT2D eigenvalue weighted by Gasteiger charge is 2.40. The van der Waals surface area contributed by atoms with Gasteiger partial charge in [-0.2, -0.15) is 12.6 Å². The maximum absolute atomic E-state index is 12.6. The van der Waals surface area contributed by atoms with Gasteiger partial charge in [-0.1, -0.05) is 24.3 Å². The van der Waals surface area contributed by atoms with E-state index in [0.29, 0.717) is 15.6 Å². The number of rotatable bonds is 4. The van der Waals surface area contributed by atoms with E-state index in [1.54, 1.807) is 18.8 Å². The van der Waals surface area contributed by atoms with Gasteiger partial charge in [0.2, 0.25) is 5.88 Å². The SMILES string of the molecule is COc1ccc([C@H]2c3sc(=S)n(-c4ccccc4OC)c3OC(=O)[C@@H]2S)cc1. The summed E-state index contributed by atoms with van der Waals surface area (Å²) >= 11 is 11.6. The molecule has 2 heterocycles. The van der Waals surface area contributed by atoms with Crippen LogP contribution in [-0.4, -0.2) is 30.0 Å². The molecule has 0 aliphatic carbocycles. The van der Waals surface area contributed by atoms with Crippen molar-refractivity contribution < 1.29 is 19.0 Å². The fourth-order valence-electron chi connectivity index (χ4n) is 3.27. The van der Waals surface area contributed by atoms with Crippen LogP contribution in [0, 0.1) is 3.95 Å². The van der Waals surface area contributed by atoms with Gasteiger partial charge < -0.3 is 14.2 Å². The summed E-state index contributed by atoms with van der Waals surface area (Å²) < 4.78 is 18.7. The first-order valence-electron chi connectivity index (χ1n) is 8.48. The first kappa shape index (κ1) is 19.0. The third kappa shape index (κ3) is 3.11. The second-order valence-electron chi connectivity index (χ2n) is 6.16. The molecule has 28 heavy (non-hydrogen) atoms. The van der Waals surface area contributed by atoms with Gasteiger partial charge in [-0.3, -0.25) is 9.36 Å². The molecule has 2 atom stereocenters. The fraction of sp³-hybridized carbons (Fsp3) is 0.200. The molecule has 0 radical (unpaired) electrons. The van der Waals surface area contributed by atoms with Gasteiger partial charge in [-0.05, 0) is 42.0 Å². The lowest BCUT2D eigenvalue weighted by atomic mass is 9.92. The number of hydrogen-bond donors (Lipinski definition) is 1. The lowest BCUT2D eigenvalue weighted by Crippen LogP contribution is -2.33. The predicted octanol–water partition coefficient (Wildman–Crippen LogP) is 4.63. The molecule has 0 saturated heterocycles. The number of benzene rings is 2. The van der Waals surface area contributed by atoms with Crippen molar-refractivity contribution in [1.29, 1.82) is 0 Å². The van der Waals surface area contributed by atoms with E-state index in [4.69, 9.17) is 26.4 Å². The number of carbonyl (C=O) groups is 1. The second kappa shape index (κ2) is 7.62. The summed E-state index contributed by atoms with van der Waals surface area (Å²) in [5.74, 6) is 1.14. The molecule has 1 aromatic heterocycles. The van der Waals surface area contributed by atoms with Crippen LogP contribution >= 0.6 is 36.2 Å². The van der Waals surface area contributed by atoms with Crippen molar-refractivity contribution in [1.82, 2.24) is 4.57 Å². The van der Waals surface area contributed by atoms with Gasteiger partial charge in [0.25, 0.3) is 0 Å². The molecule has 144 valence electrons. The van der Waals surface area contributed by atoms with Crippen LogP contribution in [0.15, 0.2) is 48.5 Å². The van der Waals surface area contributed by atoms with Crippen molar-refractivity contribution in [2.75, 3.05) is 14.2 Å². The topological polar surface area (TPSA) is 49.7 Å². The normalized spacial score (nSPS) is 18.3. The Balaban J connectivity index is 1.90. The Hall–Kier alpha value is -2.29. The first-order chi connectivity index (χ1) is 13.5. The standard InChI is InChI=1S/C20H17NO4S3/c1-23-12-9-7-11(8-10-12)15-16(26)19(22)25-18-17(15)28-20(27)21(18)13-5-3-4-6-14(13)24-2/h3-10,15-16,26H,1-2H3/t15-,16-/m1/s1. The van der Waals surface area contributed by atoms with Crippen LogP contribution in [0.4, 0.5) is 0 Å². The quantitative estimate of drug-likeness (QED) is 0.371. The van der Waals surface area contributed by atoms with E-state index in [2.05, 4.69) is 12.6 Å². The van der Waals surface area contributed by atoms with Crippen LogP contribution in [0.1, 0.15) is 16.4 Å². The molecule has 3 aromatic rings. The fourth-order valence-corrected chi connectivity index (χ4v) is 5.28. The largest absolute Gasteiger partial charge is 0.497 e. The summed E-state index contributed by atoms with van der Waals surface area (Å²) in [5.41, 5.74) is 1.67. The van der Waals surface area contributed by atoms with Crippen LogP contribution in [-0.2, 0) is 4.79 Å². The summed E-state index contributed by atoms with van der Waals surface area (Å²) in [5, 5.41) is -0.625. The van der Waals surface area contributed by atoms with E-state index < -0.39 is 11.2 Å². The maximum Gasteiger partial charge on any atom is 0.326 e. The van der Waals surface area contributed by atoms with Crippen LogP contribution in [0.25, 0.3) is 5.69 Å². The van der Waals surface area contributed by atoms with Gasteiger partial charge in [-0.15, -0.1) is 11.3 Å². The number of ether oxygens (including phenoxy) is 3. The predicted molar refractivity (Wildman–Crippen MR) is 114 cm³/mol. The van der Waals surface area contributed by atoms with Gasteiger partial charge in [0, 0.05) is 5.92 Å². The highest BCUT2D eigenvalue weighted by Crippen LogP contribution is 2.46. The number of carbonyl (C=O) groups excluding carboxylic acids is 1. The summed E-state index contributed by atoms with van der Waals surface area (Å²) in [7, 11) is 3.21. The zero-order valence-electron chi connectivity index (χ0n) is 15.1. The minimum absolute atomic E-state index is 0.270. The van der Waals surface area contributed by atoms with Gasteiger partial charge in [-0.25, -0.2) is 0 Å². The molecule has 0 N–H and O–H groups in total. The molecule has 5 nitrogen and oxygen atoms in total. The Morgan fingerprint density at radius 3 is 2.50 bits per heavy atom. The lowest BCUT2D eigenvalue weighted by Gasteiger charge is -2.27. The van der Waals surface area contributed by atoms with E-state index in [-0.39, 0.29) is 5.92 Å². The molecule has 0 bridgehead atoms. The van der Waals surface area contributed by atoms with Gasteiger partial charge in [0.1, 0.15) is 16.7 Å². The van der Waals surface area contributed by atoms with Crippen molar-refractivity contribution in [3.63, 3.8) is 0 Å². The van der Waals surface area contributed by atoms with Crippen LogP contribution in [0.5, 0.6) is 17.4 Å². The molecule has 0 unspecified atom stereocenters. The monoisotopic (exact) mass is 431 g/mol. The second-order valence-corrected chi connectivity index (χ2v) is 8.39. The van der Waals surface area contributed by atoms with Gasteiger partial charge >= 0.3 is 5.97 Å². The molecular formula is C20H17NO4S3. The minimum atomic E-state index is -0.625. The van der Waals surface area contributed by atoms with E-state index in [1.807, 2.05) is 48.5 Å². The zero-order valence-corrected chi connectivity index (χ0v) is 17.6. The molecule has 0 amide bonds. The number of thiol groups is 1. The molecular weight excluding hydrogens is 414 g/mol. The third-order valence-corrected chi connectivity index (χ3v) is 6.58. The highest BCUT2D eigenvalue weighted by molar-refractivity contribution is 7.81. The van der Waals surface area contributed by atoms with Crippen LogP contribution in [0.2, 0.25) is 0 Å². The summed E-state index contributed by atoms with van der Waals surface area (Å²) in [4.78, 5) is 13.5. The Labute approximate surface area is 176 Å². The first-order valence-corrected chi connectivity index (χ1v) is 10.2. The number of fused-ring (bicyclic) bond motifs is 1. The van der Waals surface area contributed by atoms with Crippen molar-refractivity contribution >= 4 is 42.2 Å². The van der Waals surface area contributed by atoms with Crippen molar-refractivity contribution in [2.45, 2.75) is 11.2 Å². The maximum atomic E-state index is 12.6. The number of nitrogens with zero attached hydrogens (tertiary/aromatic N) is 1. The molecule has 0 saturated carbocycles. The molecule has 0 spiro atoms. The number of esters is 1. The van der Waals surface area contributed by atoms with E-state index in [1.165, 1.54) is 11.3 Å². The van der Waals surface area contributed by atoms with Gasteiger partial charge in [0.05, 0.1) is 24.8 Å². The molecule has 1 aliphatic rings. The Morgan fingerprint density at radius 2 is 1.82 bits per heavy atom. The van der Waals surface area contributed by atoms with Crippen molar-refractivity contribution in [3.8, 4) is 23.1 Å². The van der Waals surface area contributed by atoms with E-state index >= 15 is 0 Å². The molecule has 1 aliphatic heterocycles. The molecule has 0 fully saturated rings. The van der Waals surface area contributed by atoms with E-state index in [0.717, 1.165) is 21.9 Å². The summed E-state index contributed by atoms with van der Waals surface area (Å²) in [6.07, 6.45) is 0. The number of hydrogen-bond acceptors (Lipinski definition) is 7. The number of para-hydroxylation sites is 2. The third-order valence-electron chi connectivity index (χ3n) is 4.63. The Kier molecular flexibility index (Phi) is 5.18. The number of methoxy groups -OCH3 is 2.